The Kier molecular flexibility index (Phi) is 3.10. The lowest BCUT2D eigenvalue weighted by Crippen LogP contribution is -1.72. The van der Waals surface area contributed by atoms with Gasteiger partial charge in [-0.3, -0.25) is 0 Å². The molecule has 0 aromatic carbocycles. The van der Waals surface area contributed by atoms with E-state index in [1.807, 2.05) is 24.6 Å². The van der Waals surface area contributed by atoms with Gasteiger partial charge in [0, 0.05) is 12.0 Å². The van der Waals surface area contributed by atoms with Crippen LogP contribution in [0.15, 0.2) is 34.4 Å². The van der Waals surface area contributed by atoms with Gasteiger partial charge in [-0.15, -0.1) is 0 Å². The maximum Gasteiger partial charge on any atom is 0.107 e. The molecule has 1 heterocycles. The van der Waals surface area contributed by atoms with Gasteiger partial charge in [0.05, 0.1) is 6.26 Å². The monoisotopic (exact) mass is 155 g/mol. The smallest absolute Gasteiger partial charge is 0.107 e. The Bertz CT molecular complexity index is 189. The average Bonchev–Trinajstić information content (AvgIpc) is 2.41. The van der Waals surface area contributed by atoms with Crippen LogP contribution < -0.4 is 0 Å². The van der Waals surface area contributed by atoms with E-state index in [1.54, 1.807) is 6.26 Å². The SMILES string of the molecule is ClC=CC[CH]c1ccco1. The molecule has 0 unspecified atom stereocenters. The van der Waals surface area contributed by atoms with Gasteiger partial charge in [-0.1, -0.05) is 17.7 Å². The summed E-state index contributed by atoms with van der Waals surface area (Å²) in [5, 5.41) is 0. The maximum absolute atomic E-state index is 5.31. The quantitative estimate of drug-likeness (QED) is 0.654. The second-order valence-corrected chi connectivity index (χ2v) is 2.07. The molecule has 0 aliphatic heterocycles. The van der Waals surface area contributed by atoms with Crippen molar-refractivity contribution in [3.63, 3.8) is 0 Å². The van der Waals surface area contributed by atoms with Gasteiger partial charge in [-0.2, -0.15) is 0 Å². The summed E-state index contributed by atoms with van der Waals surface area (Å²) < 4.78 is 5.05. The van der Waals surface area contributed by atoms with Gasteiger partial charge >= 0.3 is 0 Å². The molecule has 0 saturated carbocycles. The predicted octanol–water partition coefficient (Wildman–Crippen LogP) is 2.97. The molecule has 1 radical (unpaired) electrons. The van der Waals surface area contributed by atoms with Crippen LogP contribution in [0, 0.1) is 6.42 Å². The Morgan fingerprint density at radius 3 is 3.10 bits per heavy atom. The third kappa shape index (κ3) is 2.28. The fourth-order valence-electron chi connectivity index (χ4n) is 0.643. The highest BCUT2D eigenvalue weighted by Crippen LogP contribution is 2.06. The minimum Gasteiger partial charge on any atom is -0.469 e. The Balaban J connectivity index is 2.28. The number of halogens is 1. The zero-order valence-electron chi connectivity index (χ0n) is 5.46. The molecule has 0 atom stereocenters. The van der Waals surface area contributed by atoms with Crippen molar-refractivity contribution in [3.05, 3.63) is 42.2 Å². The lowest BCUT2D eigenvalue weighted by atomic mass is 10.2. The zero-order valence-corrected chi connectivity index (χ0v) is 6.21. The van der Waals surface area contributed by atoms with Crippen LogP contribution in [0.2, 0.25) is 0 Å². The van der Waals surface area contributed by atoms with Crippen molar-refractivity contribution < 1.29 is 4.42 Å². The molecule has 2 heteroatoms. The normalized spacial score (nSPS) is 10.9. The van der Waals surface area contributed by atoms with Crippen molar-refractivity contribution in [3.8, 4) is 0 Å². The molecule has 1 nitrogen and oxygen atoms in total. The molecular weight excluding hydrogens is 148 g/mol. The fraction of sp³-hybridized carbons (Fsp3) is 0.125. The van der Waals surface area contributed by atoms with E-state index in [4.69, 9.17) is 16.0 Å². The van der Waals surface area contributed by atoms with E-state index in [1.165, 1.54) is 5.54 Å². The molecule has 0 aliphatic rings. The average molecular weight is 156 g/mol. The first-order chi connectivity index (χ1) is 4.93. The first kappa shape index (κ1) is 7.42. The molecule has 1 rings (SSSR count). The molecule has 0 saturated heterocycles. The summed E-state index contributed by atoms with van der Waals surface area (Å²) in [4.78, 5) is 0. The summed E-state index contributed by atoms with van der Waals surface area (Å²) >= 11 is 5.31. The number of rotatable bonds is 3. The van der Waals surface area contributed by atoms with Crippen LogP contribution in [0.5, 0.6) is 0 Å². The summed E-state index contributed by atoms with van der Waals surface area (Å²) in [6.45, 7) is 0. The van der Waals surface area contributed by atoms with Crippen LogP contribution in [-0.4, -0.2) is 0 Å². The first-order valence-electron chi connectivity index (χ1n) is 3.05. The highest BCUT2D eigenvalue weighted by Gasteiger charge is 1.91. The van der Waals surface area contributed by atoms with Crippen molar-refractivity contribution in [1.82, 2.24) is 0 Å². The lowest BCUT2D eigenvalue weighted by molar-refractivity contribution is 0.538. The predicted molar refractivity (Wildman–Crippen MR) is 41.7 cm³/mol. The number of allylic oxidation sites excluding steroid dienone is 1. The van der Waals surface area contributed by atoms with E-state index in [0.717, 1.165) is 12.2 Å². The van der Waals surface area contributed by atoms with Gasteiger partial charge in [0.1, 0.15) is 5.76 Å². The third-order valence-corrected chi connectivity index (χ3v) is 1.27. The zero-order chi connectivity index (χ0) is 7.23. The van der Waals surface area contributed by atoms with Gasteiger partial charge in [-0.05, 0) is 18.6 Å². The van der Waals surface area contributed by atoms with E-state index in [9.17, 15) is 0 Å². The van der Waals surface area contributed by atoms with Crippen molar-refractivity contribution in [2.75, 3.05) is 0 Å². The van der Waals surface area contributed by atoms with Gasteiger partial charge in [0.2, 0.25) is 0 Å². The minimum absolute atomic E-state index is 0.816. The molecule has 0 N–H and O–H groups in total. The molecule has 0 amide bonds. The summed E-state index contributed by atoms with van der Waals surface area (Å²) in [6, 6.07) is 3.76. The largest absolute Gasteiger partial charge is 0.469 e. The van der Waals surface area contributed by atoms with Gasteiger partial charge in [0.15, 0.2) is 0 Å². The van der Waals surface area contributed by atoms with Crippen LogP contribution >= 0.6 is 11.6 Å². The Morgan fingerprint density at radius 1 is 1.60 bits per heavy atom. The van der Waals surface area contributed by atoms with Crippen LogP contribution in [0.1, 0.15) is 12.2 Å². The molecule has 1 aromatic rings. The van der Waals surface area contributed by atoms with Crippen LogP contribution in [0.3, 0.4) is 0 Å². The first-order valence-corrected chi connectivity index (χ1v) is 3.49. The van der Waals surface area contributed by atoms with Crippen LogP contribution in [-0.2, 0) is 0 Å². The highest BCUT2D eigenvalue weighted by molar-refractivity contribution is 6.25. The van der Waals surface area contributed by atoms with E-state index in [-0.39, 0.29) is 0 Å². The summed E-state index contributed by atoms with van der Waals surface area (Å²) in [5.41, 5.74) is 1.50. The summed E-state index contributed by atoms with van der Waals surface area (Å²) in [5.74, 6) is 0.884. The molecule has 0 bridgehead atoms. The number of furan rings is 1. The minimum atomic E-state index is 0.816. The van der Waals surface area contributed by atoms with E-state index in [0.29, 0.717) is 0 Å². The maximum atomic E-state index is 5.31. The lowest BCUT2D eigenvalue weighted by Gasteiger charge is -1.87. The topological polar surface area (TPSA) is 13.1 Å². The van der Waals surface area contributed by atoms with Gasteiger partial charge in [0.25, 0.3) is 0 Å². The van der Waals surface area contributed by atoms with Crippen molar-refractivity contribution >= 4 is 11.6 Å². The molecule has 0 fully saturated rings. The van der Waals surface area contributed by atoms with E-state index < -0.39 is 0 Å². The van der Waals surface area contributed by atoms with Crippen molar-refractivity contribution in [2.45, 2.75) is 6.42 Å². The Labute approximate surface area is 65.3 Å². The van der Waals surface area contributed by atoms with E-state index in [2.05, 4.69) is 0 Å². The van der Waals surface area contributed by atoms with Crippen LogP contribution in [0.25, 0.3) is 0 Å². The molecular formula is C8H8ClO. The number of hydrogen-bond acceptors (Lipinski definition) is 1. The second-order valence-electron chi connectivity index (χ2n) is 1.82. The second kappa shape index (κ2) is 4.18. The Morgan fingerprint density at radius 2 is 2.50 bits per heavy atom. The van der Waals surface area contributed by atoms with Gasteiger partial charge < -0.3 is 4.42 Å². The molecule has 0 spiro atoms. The molecule has 53 valence electrons. The summed E-state index contributed by atoms with van der Waals surface area (Å²) in [6.07, 6.45) is 6.27. The summed E-state index contributed by atoms with van der Waals surface area (Å²) in [7, 11) is 0. The molecule has 1 aromatic heterocycles. The molecule has 0 aliphatic carbocycles. The molecule has 10 heavy (non-hydrogen) atoms. The highest BCUT2D eigenvalue weighted by atomic mass is 35.5. The standard InChI is InChI=1S/C8H8ClO/c9-6-2-1-4-8-5-3-7-10-8/h2-7H,1H2. The Hall–Kier alpha value is -0.690. The van der Waals surface area contributed by atoms with Gasteiger partial charge in [-0.25, -0.2) is 0 Å². The number of hydrogen-bond donors (Lipinski definition) is 0. The fourth-order valence-corrected chi connectivity index (χ4v) is 0.746. The van der Waals surface area contributed by atoms with Crippen molar-refractivity contribution in [2.24, 2.45) is 0 Å². The van der Waals surface area contributed by atoms with E-state index >= 15 is 0 Å². The van der Waals surface area contributed by atoms with Crippen molar-refractivity contribution in [1.29, 1.82) is 0 Å². The van der Waals surface area contributed by atoms with Crippen LogP contribution in [0.4, 0.5) is 0 Å². The third-order valence-electron chi connectivity index (χ3n) is 1.09.